The van der Waals surface area contributed by atoms with Gasteiger partial charge in [-0.15, -0.1) is 0 Å². The second-order valence-corrected chi connectivity index (χ2v) is 8.72. The molecule has 0 radical (unpaired) electrons. The molecule has 0 aromatic heterocycles. The van der Waals surface area contributed by atoms with E-state index in [1.54, 1.807) is 0 Å². The molecule has 2 aliphatic heterocycles. The number of carbonyl (C=O) groups excluding carboxylic acids is 2. The number of nitrogens with zero attached hydrogens (tertiary/aromatic N) is 1. The van der Waals surface area contributed by atoms with E-state index in [1.807, 2.05) is 6.07 Å². The molecule has 1 aromatic carbocycles. The van der Waals surface area contributed by atoms with Crippen molar-refractivity contribution >= 4 is 11.7 Å². The topological polar surface area (TPSA) is 66.8 Å². The van der Waals surface area contributed by atoms with Gasteiger partial charge in [0.25, 0.3) is 0 Å². The minimum atomic E-state index is -0.427. The van der Waals surface area contributed by atoms with E-state index in [4.69, 9.17) is 4.74 Å². The highest BCUT2D eigenvalue weighted by molar-refractivity contribution is 5.89. The summed E-state index contributed by atoms with van der Waals surface area (Å²) < 4.78 is 6.26. The van der Waals surface area contributed by atoms with Crippen molar-refractivity contribution in [2.45, 2.75) is 62.7 Å². The number of Topliss-reactive ketones (excluding diaryl/α,β-unsaturated/α-hetero) is 1. The van der Waals surface area contributed by atoms with Gasteiger partial charge < -0.3 is 14.7 Å². The Hall–Kier alpha value is -1.88. The molecule has 3 aliphatic carbocycles. The van der Waals surface area contributed by atoms with Gasteiger partial charge in [-0.2, -0.15) is 0 Å². The first-order valence-electron chi connectivity index (χ1n) is 9.91. The van der Waals surface area contributed by atoms with Crippen LogP contribution in [0.4, 0.5) is 0 Å². The quantitative estimate of drug-likeness (QED) is 0.879. The van der Waals surface area contributed by atoms with E-state index in [-0.39, 0.29) is 29.8 Å². The summed E-state index contributed by atoms with van der Waals surface area (Å²) in [5.41, 5.74) is 2.90. The molecular formula is C21H23NO4. The van der Waals surface area contributed by atoms with Crippen LogP contribution in [0.1, 0.15) is 48.8 Å². The van der Waals surface area contributed by atoms with Gasteiger partial charge in [0.15, 0.2) is 11.9 Å². The summed E-state index contributed by atoms with van der Waals surface area (Å²) in [7, 11) is 0. The zero-order valence-electron chi connectivity index (χ0n) is 14.7. The molecule has 5 aliphatic rings. The Balaban J connectivity index is 1.54. The maximum absolute atomic E-state index is 12.9. The molecule has 1 saturated heterocycles. The van der Waals surface area contributed by atoms with Crippen LogP contribution in [0.2, 0.25) is 0 Å². The van der Waals surface area contributed by atoms with E-state index in [0.29, 0.717) is 18.2 Å². The van der Waals surface area contributed by atoms with Gasteiger partial charge in [-0.05, 0) is 43.6 Å². The summed E-state index contributed by atoms with van der Waals surface area (Å²) in [5.74, 6) is 1.81. The minimum absolute atomic E-state index is 0.0695. The third kappa shape index (κ3) is 1.66. The number of aliphatic hydroxyl groups excluding tert-OH is 1. The number of ketones is 1. The van der Waals surface area contributed by atoms with Gasteiger partial charge in [-0.3, -0.25) is 9.59 Å². The second-order valence-electron chi connectivity index (χ2n) is 8.72. The van der Waals surface area contributed by atoms with Crippen LogP contribution in [-0.2, 0) is 28.0 Å². The average Bonchev–Trinajstić information content (AvgIpc) is 3.43. The molecular weight excluding hydrogens is 330 g/mol. The molecule has 2 saturated carbocycles. The smallest absolute Gasteiger partial charge is 0.225 e. The molecule has 2 heterocycles. The SMILES string of the molecule is O=C1CCC2[C@H]3Cc4ccc(CO)c5c4[C@@]2(CCN3C(=O)C2CC2)[C@H]1O5. The monoisotopic (exact) mass is 353 g/mol. The molecule has 1 amide bonds. The predicted octanol–water partition coefficient (Wildman–Crippen LogP) is 1.72. The summed E-state index contributed by atoms with van der Waals surface area (Å²) in [4.78, 5) is 27.8. The molecule has 1 N–H and O–H groups in total. The molecule has 1 aromatic rings. The van der Waals surface area contributed by atoms with Gasteiger partial charge in [0, 0.05) is 41.5 Å². The number of hydrogen-bond acceptors (Lipinski definition) is 4. The van der Waals surface area contributed by atoms with Crippen LogP contribution in [0.15, 0.2) is 12.1 Å². The normalized spacial score (nSPS) is 36.6. The highest BCUT2D eigenvalue weighted by Gasteiger charge is 2.66. The van der Waals surface area contributed by atoms with Crippen molar-refractivity contribution in [2.75, 3.05) is 6.54 Å². The third-order valence-electron chi connectivity index (χ3n) is 7.59. The number of likely N-dealkylation sites (tertiary alicyclic amines) is 1. The number of aliphatic hydroxyl groups is 1. The van der Waals surface area contributed by atoms with E-state index < -0.39 is 6.10 Å². The molecule has 3 fully saturated rings. The summed E-state index contributed by atoms with van der Waals surface area (Å²) >= 11 is 0. The fourth-order valence-corrected chi connectivity index (χ4v) is 6.36. The molecule has 1 spiro atoms. The van der Waals surface area contributed by atoms with E-state index >= 15 is 0 Å². The Morgan fingerprint density at radius 3 is 2.92 bits per heavy atom. The lowest BCUT2D eigenvalue weighted by Crippen LogP contribution is -2.67. The number of amides is 1. The Bertz CT molecular complexity index is 845. The minimum Gasteiger partial charge on any atom is -0.481 e. The van der Waals surface area contributed by atoms with Crippen molar-refractivity contribution in [1.29, 1.82) is 0 Å². The van der Waals surface area contributed by atoms with Crippen molar-refractivity contribution in [2.24, 2.45) is 11.8 Å². The number of ether oxygens (including phenoxy) is 1. The van der Waals surface area contributed by atoms with E-state index in [0.717, 1.165) is 50.0 Å². The highest BCUT2D eigenvalue weighted by Crippen LogP contribution is 2.62. The molecule has 4 atom stereocenters. The summed E-state index contributed by atoms with van der Waals surface area (Å²) in [6, 6.07) is 4.20. The first-order valence-corrected chi connectivity index (χ1v) is 9.91. The highest BCUT2D eigenvalue weighted by atomic mass is 16.5. The molecule has 5 nitrogen and oxygen atoms in total. The largest absolute Gasteiger partial charge is 0.481 e. The maximum Gasteiger partial charge on any atom is 0.225 e. The first-order chi connectivity index (χ1) is 12.6. The summed E-state index contributed by atoms with van der Waals surface area (Å²) in [5, 5.41) is 9.76. The predicted molar refractivity (Wildman–Crippen MR) is 92.7 cm³/mol. The third-order valence-corrected chi connectivity index (χ3v) is 7.59. The van der Waals surface area contributed by atoms with Crippen LogP contribution in [0.3, 0.4) is 0 Å². The van der Waals surface area contributed by atoms with Crippen LogP contribution >= 0.6 is 0 Å². The molecule has 6 rings (SSSR count). The Morgan fingerprint density at radius 2 is 2.15 bits per heavy atom. The van der Waals surface area contributed by atoms with E-state index in [1.165, 1.54) is 11.1 Å². The number of hydrogen-bond donors (Lipinski definition) is 1. The molecule has 2 bridgehead atoms. The number of carbonyl (C=O) groups is 2. The Kier molecular flexibility index (Phi) is 2.86. The Labute approximate surface area is 152 Å². The lowest BCUT2D eigenvalue weighted by atomic mass is 9.51. The van der Waals surface area contributed by atoms with E-state index in [9.17, 15) is 14.7 Å². The van der Waals surface area contributed by atoms with Crippen LogP contribution in [-0.4, -0.2) is 40.4 Å². The van der Waals surface area contributed by atoms with Crippen molar-refractivity contribution < 1.29 is 19.4 Å². The van der Waals surface area contributed by atoms with Crippen molar-refractivity contribution in [1.82, 2.24) is 4.90 Å². The van der Waals surface area contributed by atoms with Gasteiger partial charge in [0.05, 0.1) is 6.61 Å². The van der Waals surface area contributed by atoms with Crippen molar-refractivity contribution in [3.63, 3.8) is 0 Å². The van der Waals surface area contributed by atoms with Gasteiger partial charge in [-0.1, -0.05) is 12.1 Å². The van der Waals surface area contributed by atoms with Crippen LogP contribution < -0.4 is 4.74 Å². The number of rotatable bonds is 2. The zero-order valence-corrected chi connectivity index (χ0v) is 14.7. The van der Waals surface area contributed by atoms with Gasteiger partial charge in [0.1, 0.15) is 5.75 Å². The van der Waals surface area contributed by atoms with Crippen molar-refractivity contribution in [3.8, 4) is 5.75 Å². The van der Waals surface area contributed by atoms with Crippen LogP contribution in [0.25, 0.3) is 0 Å². The van der Waals surface area contributed by atoms with Crippen LogP contribution in [0, 0.1) is 11.8 Å². The lowest BCUT2D eigenvalue weighted by Gasteiger charge is -2.57. The second kappa shape index (κ2) is 4.89. The maximum atomic E-state index is 12.9. The number of piperidine rings is 1. The molecule has 26 heavy (non-hydrogen) atoms. The Morgan fingerprint density at radius 1 is 1.31 bits per heavy atom. The van der Waals surface area contributed by atoms with Gasteiger partial charge in [-0.25, -0.2) is 0 Å². The number of benzene rings is 1. The van der Waals surface area contributed by atoms with Crippen molar-refractivity contribution in [3.05, 3.63) is 28.8 Å². The summed E-state index contributed by atoms with van der Waals surface area (Å²) in [6.45, 7) is 0.659. The molecule has 5 heteroatoms. The zero-order chi connectivity index (χ0) is 17.6. The average molecular weight is 353 g/mol. The lowest BCUT2D eigenvalue weighted by molar-refractivity contribution is -0.149. The van der Waals surface area contributed by atoms with Gasteiger partial charge in [0.2, 0.25) is 5.91 Å². The standard InChI is InChI=1S/C21H23NO4/c23-10-13-4-3-12-9-15-14-5-6-16(24)19-21(14,17(12)18(13)26-19)7-8-22(15)20(25)11-1-2-11/h3-4,11,14-15,19,23H,1-2,5-10H2/t14?,15-,19+,21+/m1/s1. The first kappa shape index (κ1) is 15.2. The fourth-order valence-electron chi connectivity index (χ4n) is 6.36. The fraction of sp³-hybridized carbons (Fsp3) is 0.619. The van der Waals surface area contributed by atoms with E-state index in [2.05, 4.69) is 11.0 Å². The molecule has 1 unspecified atom stereocenters. The van der Waals surface area contributed by atoms with Gasteiger partial charge >= 0.3 is 0 Å². The van der Waals surface area contributed by atoms with Crippen LogP contribution in [0.5, 0.6) is 5.75 Å². The molecule has 136 valence electrons. The summed E-state index contributed by atoms with van der Waals surface area (Å²) in [6.07, 6.45) is 4.67.